The van der Waals surface area contributed by atoms with Gasteiger partial charge in [-0.05, 0) is 12.8 Å². The monoisotopic (exact) mass is 81.1 g/mol. The molecule has 1 radical (unpaired) electrons. The molecule has 0 unspecified atom stereocenters. The van der Waals surface area contributed by atoms with Crippen molar-refractivity contribution in [3.63, 3.8) is 0 Å². The molecule has 0 amide bonds. The van der Waals surface area contributed by atoms with Crippen LogP contribution in [0.1, 0.15) is 26.2 Å². The van der Waals surface area contributed by atoms with Gasteiger partial charge in [-0.2, -0.15) is 0 Å². The van der Waals surface area contributed by atoms with Gasteiger partial charge in [0.15, 0.2) is 0 Å². The Morgan fingerprint density at radius 1 is 1.67 bits per heavy atom. The molecule has 0 rings (SSSR count). The summed E-state index contributed by atoms with van der Waals surface area (Å²) in [5, 5.41) is 0. The molecule has 33 valence electrons. The predicted molar refractivity (Wildman–Crippen MR) is 26.7 cm³/mol. The van der Waals surface area contributed by atoms with Crippen molar-refractivity contribution in [2.45, 2.75) is 26.2 Å². The quantitative estimate of drug-likeness (QED) is 0.351. The van der Waals surface area contributed by atoms with Gasteiger partial charge in [0, 0.05) is 6.42 Å². The number of hydrogen-bond acceptors (Lipinski definition) is 0. The lowest BCUT2D eigenvalue weighted by Crippen LogP contribution is -1.62. The molecule has 0 aromatic rings. The van der Waals surface area contributed by atoms with E-state index in [4.69, 9.17) is 6.42 Å². The van der Waals surface area contributed by atoms with Gasteiger partial charge in [0.2, 0.25) is 0 Å². The second kappa shape index (κ2) is 4.56. The summed E-state index contributed by atoms with van der Waals surface area (Å²) in [6, 6.07) is 0. The van der Waals surface area contributed by atoms with Gasteiger partial charge in [0.1, 0.15) is 0 Å². The van der Waals surface area contributed by atoms with Gasteiger partial charge in [-0.25, -0.2) is 0 Å². The van der Waals surface area contributed by atoms with E-state index in [0.29, 0.717) is 0 Å². The summed E-state index contributed by atoms with van der Waals surface area (Å²) in [4.78, 5) is 0. The van der Waals surface area contributed by atoms with Crippen LogP contribution < -0.4 is 0 Å². The third kappa shape index (κ3) is 3.56. The molecule has 0 N–H and O–H groups in total. The average molecular weight is 81.1 g/mol. The summed E-state index contributed by atoms with van der Waals surface area (Å²) < 4.78 is 0. The SMILES string of the molecule is [C]#CCCCC. The fraction of sp³-hybridized carbons (Fsp3) is 0.667. The van der Waals surface area contributed by atoms with E-state index in [1.54, 1.807) is 0 Å². The van der Waals surface area contributed by atoms with E-state index in [2.05, 4.69) is 12.8 Å². The Kier molecular flexibility index (Phi) is 4.23. The summed E-state index contributed by atoms with van der Waals surface area (Å²) in [5.41, 5.74) is 0. The standard InChI is InChI=1S/C6H9/c1-3-5-6-4-2/h3,5-6H2,1H3. The molecule has 6 heavy (non-hydrogen) atoms. The molecule has 0 aromatic heterocycles. The van der Waals surface area contributed by atoms with Crippen molar-refractivity contribution in [2.24, 2.45) is 0 Å². The Balaban J connectivity index is 2.54. The van der Waals surface area contributed by atoms with E-state index in [1.165, 1.54) is 6.42 Å². The van der Waals surface area contributed by atoms with Gasteiger partial charge in [-0.1, -0.05) is 19.3 Å². The Hall–Kier alpha value is -0.440. The first-order valence-corrected chi connectivity index (χ1v) is 2.31. The normalized spacial score (nSPS) is 7.33. The summed E-state index contributed by atoms with van der Waals surface area (Å²) in [7, 11) is 0. The van der Waals surface area contributed by atoms with Crippen LogP contribution in [-0.4, -0.2) is 0 Å². The molecular weight excluding hydrogens is 72.1 g/mol. The molecular formula is C6H9. The van der Waals surface area contributed by atoms with Gasteiger partial charge < -0.3 is 0 Å². The number of hydrogen-bond donors (Lipinski definition) is 0. The minimum absolute atomic E-state index is 0.830. The third-order valence-corrected chi connectivity index (χ3v) is 0.655. The molecule has 0 heteroatoms. The van der Waals surface area contributed by atoms with Crippen molar-refractivity contribution in [3.05, 3.63) is 6.42 Å². The lowest BCUT2D eigenvalue weighted by molar-refractivity contribution is 0.828. The van der Waals surface area contributed by atoms with E-state index >= 15 is 0 Å². The highest BCUT2D eigenvalue weighted by molar-refractivity contribution is 4.73. The van der Waals surface area contributed by atoms with Crippen LogP contribution in [0.4, 0.5) is 0 Å². The molecule has 0 atom stereocenters. The summed E-state index contributed by atoms with van der Waals surface area (Å²) in [6.07, 6.45) is 9.57. The maximum atomic E-state index is 6.46. The zero-order chi connectivity index (χ0) is 4.83. The molecule has 0 heterocycles. The molecule has 0 aromatic carbocycles. The van der Waals surface area contributed by atoms with Gasteiger partial charge in [0.05, 0.1) is 0 Å². The minimum atomic E-state index is 0.830. The van der Waals surface area contributed by atoms with Crippen LogP contribution in [0.2, 0.25) is 0 Å². The lowest BCUT2D eigenvalue weighted by atomic mass is 10.3. The Bertz CT molecular complexity index is 47.5. The second-order valence-electron chi connectivity index (χ2n) is 1.28. The van der Waals surface area contributed by atoms with Crippen molar-refractivity contribution >= 4 is 0 Å². The van der Waals surface area contributed by atoms with Crippen molar-refractivity contribution in [1.82, 2.24) is 0 Å². The first-order valence-electron chi connectivity index (χ1n) is 2.31. The van der Waals surface area contributed by atoms with E-state index in [9.17, 15) is 0 Å². The maximum absolute atomic E-state index is 6.46. The van der Waals surface area contributed by atoms with Gasteiger partial charge >= 0.3 is 0 Å². The maximum Gasteiger partial charge on any atom is 0.00988 e. The molecule has 0 bridgehead atoms. The number of unbranched alkanes of at least 4 members (excludes halogenated alkanes) is 2. The van der Waals surface area contributed by atoms with Gasteiger partial charge in [-0.3, -0.25) is 0 Å². The Morgan fingerprint density at radius 2 is 2.33 bits per heavy atom. The van der Waals surface area contributed by atoms with Gasteiger partial charge in [-0.15, -0.1) is 0 Å². The highest BCUT2D eigenvalue weighted by Crippen LogP contribution is 1.88. The fourth-order valence-corrected chi connectivity index (χ4v) is 0.265. The second-order valence-corrected chi connectivity index (χ2v) is 1.28. The van der Waals surface area contributed by atoms with E-state index < -0.39 is 0 Å². The fourth-order valence-electron chi connectivity index (χ4n) is 0.265. The Labute approximate surface area is 39.6 Å². The van der Waals surface area contributed by atoms with Crippen molar-refractivity contribution < 1.29 is 0 Å². The first-order chi connectivity index (χ1) is 2.91. The molecule has 0 aliphatic rings. The molecule has 0 saturated heterocycles. The van der Waals surface area contributed by atoms with E-state index in [1.807, 2.05) is 0 Å². The third-order valence-electron chi connectivity index (χ3n) is 0.655. The summed E-state index contributed by atoms with van der Waals surface area (Å²) in [5.74, 6) is 2.32. The van der Waals surface area contributed by atoms with Crippen LogP contribution in [0.15, 0.2) is 0 Å². The number of rotatable bonds is 2. The van der Waals surface area contributed by atoms with Crippen LogP contribution in [-0.2, 0) is 0 Å². The summed E-state index contributed by atoms with van der Waals surface area (Å²) in [6.45, 7) is 2.11. The predicted octanol–water partition coefficient (Wildman–Crippen LogP) is 1.77. The highest BCUT2D eigenvalue weighted by atomic mass is 13.8. The van der Waals surface area contributed by atoms with Gasteiger partial charge in [0.25, 0.3) is 0 Å². The molecule has 0 saturated carbocycles. The minimum Gasteiger partial charge on any atom is -0.0891 e. The van der Waals surface area contributed by atoms with Crippen LogP contribution >= 0.6 is 0 Å². The van der Waals surface area contributed by atoms with Crippen LogP contribution in [0.25, 0.3) is 0 Å². The van der Waals surface area contributed by atoms with Crippen molar-refractivity contribution in [3.8, 4) is 5.92 Å². The zero-order valence-electron chi connectivity index (χ0n) is 4.12. The molecule has 0 aliphatic carbocycles. The average Bonchev–Trinajstić information content (AvgIpc) is 1.61. The van der Waals surface area contributed by atoms with E-state index in [0.717, 1.165) is 12.8 Å². The smallest absolute Gasteiger partial charge is 0.00988 e. The summed E-state index contributed by atoms with van der Waals surface area (Å²) >= 11 is 0. The topological polar surface area (TPSA) is 0 Å². The van der Waals surface area contributed by atoms with E-state index in [-0.39, 0.29) is 0 Å². The van der Waals surface area contributed by atoms with Crippen molar-refractivity contribution in [1.29, 1.82) is 0 Å². The largest absolute Gasteiger partial charge is 0.0891 e. The molecule has 0 fully saturated rings. The van der Waals surface area contributed by atoms with Crippen LogP contribution in [0.5, 0.6) is 0 Å². The zero-order valence-corrected chi connectivity index (χ0v) is 4.12. The first kappa shape index (κ1) is 5.56. The van der Waals surface area contributed by atoms with Crippen LogP contribution in [0, 0.1) is 12.3 Å². The van der Waals surface area contributed by atoms with Crippen LogP contribution in [0.3, 0.4) is 0 Å². The van der Waals surface area contributed by atoms with Crippen molar-refractivity contribution in [2.75, 3.05) is 0 Å². The molecule has 0 aliphatic heterocycles. The Morgan fingerprint density at radius 3 is 2.50 bits per heavy atom. The highest BCUT2D eigenvalue weighted by Gasteiger charge is 1.71. The molecule has 0 nitrogen and oxygen atoms in total. The molecule has 0 spiro atoms. The lowest BCUT2D eigenvalue weighted by Gasteiger charge is -1.79.